The molecule has 1 saturated heterocycles. The fourth-order valence-corrected chi connectivity index (χ4v) is 7.87. The van der Waals surface area contributed by atoms with E-state index in [9.17, 15) is 0 Å². The first-order valence-corrected chi connectivity index (χ1v) is 15.3. The van der Waals surface area contributed by atoms with Gasteiger partial charge >= 0.3 is 116 Å². The van der Waals surface area contributed by atoms with E-state index in [1.54, 1.807) is 0 Å². The van der Waals surface area contributed by atoms with Crippen molar-refractivity contribution in [1.29, 1.82) is 0 Å². The van der Waals surface area contributed by atoms with E-state index >= 15 is 0 Å². The zero-order chi connectivity index (χ0) is 13.4. The summed E-state index contributed by atoms with van der Waals surface area (Å²) in [5, 5.41) is 0. The summed E-state index contributed by atoms with van der Waals surface area (Å²) in [4.78, 5) is 0. The first kappa shape index (κ1) is 16.5. The van der Waals surface area contributed by atoms with Crippen LogP contribution in [0.1, 0.15) is 45.4 Å². The predicted octanol–water partition coefficient (Wildman–Crippen LogP) is 4.47. The number of hydrogen-bond donors (Lipinski definition) is 0. The van der Waals surface area contributed by atoms with E-state index in [1.807, 2.05) is 0 Å². The van der Waals surface area contributed by atoms with Gasteiger partial charge in [0.1, 0.15) is 0 Å². The first-order valence-electron chi connectivity index (χ1n) is 7.75. The molecular weight excluding hydrogens is 285 g/mol. The molecule has 0 aliphatic carbocycles. The van der Waals surface area contributed by atoms with Crippen LogP contribution < -0.4 is 0 Å². The third kappa shape index (κ3) is 6.07. The van der Waals surface area contributed by atoms with E-state index in [0.29, 0.717) is 6.10 Å². The standard InChI is InChI=1S/C15H32GeO2/c1-5-6-7-8-9-10-14(16(2,3)4)15-13-17-11-12-18-15/h14-15H,5-13H2,1-4H3. The summed E-state index contributed by atoms with van der Waals surface area (Å²) in [6.07, 6.45) is 8.67. The van der Waals surface area contributed by atoms with E-state index in [0.717, 1.165) is 24.6 Å². The molecule has 0 aromatic carbocycles. The second-order valence-electron chi connectivity index (χ2n) is 6.66. The summed E-state index contributed by atoms with van der Waals surface area (Å²) in [5.41, 5.74) is 0. The van der Waals surface area contributed by atoms with Gasteiger partial charge in [0.2, 0.25) is 0 Å². The molecule has 2 nitrogen and oxygen atoms in total. The number of hydrogen-bond acceptors (Lipinski definition) is 2. The Labute approximate surface area is 116 Å². The molecule has 0 amide bonds. The van der Waals surface area contributed by atoms with Crippen molar-refractivity contribution in [3.63, 3.8) is 0 Å². The van der Waals surface area contributed by atoms with E-state index in [-0.39, 0.29) is 0 Å². The minimum atomic E-state index is -1.66. The molecule has 1 fully saturated rings. The van der Waals surface area contributed by atoms with Gasteiger partial charge in [-0.25, -0.2) is 0 Å². The predicted molar refractivity (Wildman–Crippen MR) is 81.0 cm³/mol. The van der Waals surface area contributed by atoms with Gasteiger partial charge in [-0.3, -0.25) is 0 Å². The van der Waals surface area contributed by atoms with Crippen molar-refractivity contribution < 1.29 is 9.47 Å². The topological polar surface area (TPSA) is 18.5 Å². The van der Waals surface area contributed by atoms with E-state index < -0.39 is 13.3 Å². The van der Waals surface area contributed by atoms with Gasteiger partial charge in [0.15, 0.2) is 0 Å². The van der Waals surface area contributed by atoms with Crippen LogP contribution in [0.15, 0.2) is 0 Å². The Bertz CT molecular complexity index is 207. The molecule has 0 aromatic rings. The Hall–Kier alpha value is 0.463. The van der Waals surface area contributed by atoms with Gasteiger partial charge < -0.3 is 0 Å². The molecule has 0 radical (unpaired) electrons. The molecule has 1 rings (SSSR count). The van der Waals surface area contributed by atoms with Crippen LogP contribution in [-0.4, -0.2) is 39.2 Å². The van der Waals surface area contributed by atoms with Crippen LogP contribution in [0.4, 0.5) is 0 Å². The molecule has 1 aliphatic heterocycles. The van der Waals surface area contributed by atoms with Gasteiger partial charge in [-0.15, -0.1) is 0 Å². The molecule has 2 unspecified atom stereocenters. The quantitative estimate of drug-likeness (QED) is 0.486. The fraction of sp³-hybridized carbons (Fsp3) is 1.00. The first-order chi connectivity index (χ1) is 8.55. The third-order valence-electron chi connectivity index (χ3n) is 4.02. The second kappa shape index (κ2) is 8.60. The normalized spacial score (nSPS) is 23.0. The van der Waals surface area contributed by atoms with Crippen molar-refractivity contribution in [1.82, 2.24) is 0 Å². The minimum absolute atomic E-state index is 0.393. The summed E-state index contributed by atoms with van der Waals surface area (Å²) in [5.74, 6) is 7.57. The van der Waals surface area contributed by atoms with Gasteiger partial charge in [-0.2, -0.15) is 0 Å². The molecular formula is C15H32GeO2. The maximum absolute atomic E-state index is 5.97. The Balaban J connectivity index is 2.36. The summed E-state index contributed by atoms with van der Waals surface area (Å²) in [7, 11) is 0. The van der Waals surface area contributed by atoms with Crippen LogP contribution in [0, 0.1) is 0 Å². The van der Waals surface area contributed by atoms with Crippen LogP contribution >= 0.6 is 0 Å². The second-order valence-corrected chi connectivity index (χ2v) is 18.1. The van der Waals surface area contributed by atoms with E-state index in [4.69, 9.17) is 9.47 Å². The molecule has 0 N–H and O–H groups in total. The molecule has 3 heteroatoms. The van der Waals surface area contributed by atoms with Crippen molar-refractivity contribution in [3.05, 3.63) is 0 Å². The molecule has 0 bridgehead atoms. The van der Waals surface area contributed by atoms with E-state index in [2.05, 4.69) is 24.2 Å². The molecule has 18 heavy (non-hydrogen) atoms. The van der Waals surface area contributed by atoms with Crippen molar-refractivity contribution in [2.24, 2.45) is 0 Å². The average molecular weight is 317 g/mol. The van der Waals surface area contributed by atoms with Gasteiger partial charge in [0.25, 0.3) is 0 Å². The summed E-state index contributed by atoms with van der Waals surface area (Å²) in [6, 6.07) is 0. The molecule has 0 aromatic heterocycles. The monoisotopic (exact) mass is 318 g/mol. The average Bonchev–Trinajstić information content (AvgIpc) is 2.33. The molecule has 1 aliphatic rings. The number of rotatable bonds is 8. The Morgan fingerprint density at radius 1 is 1.06 bits per heavy atom. The molecule has 1 heterocycles. The fourth-order valence-electron chi connectivity index (χ4n) is 2.88. The van der Waals surface area contributed by atoms with Crippen LogP contribution in [-0.2, 0) is 9.47 Å². The van der Waals surface area contributed by atoms with Crippen LogP contribution in [0.5, 0.6) is 0 Å². The van der Waals surface area contributed by atoms with Crippen molar-refractivity contribution in [3.8, 4) is 0 Å². The summed E-state index contributed by atoms with van der Waals surface area (Å²) < 4.78 is 12.4. The summed E-state index contributed by atoms with van der Waals surface area (Å²) in [6.45, 7) is 4.70. The molecule has 108 valence electrons. The van der Waals surface area contributed by atoms with Crippen molar-refractivity contribution in [2.75, 3.05) is 19.8 Å². The van der Waals surface area contributed by atoms with Gasteiger partial charge in [0.05, 0.1) is 0 Å². The zero-order valence-corrected chi connectivity index (χ0v) is 14.9. The molecule has 0 spiro atoms. The van der Waals surface area contributed by atoms with Gasteiger partial charge in [-0.05, 0) is 0 Å². The molecule has 2 atom stereocenters. The van der Waals surface area contributed by atoms with Gasteiger partial charge in [0, 0.05) is 0 Å². The van der Waals surface area contributed by atoms with Crippen molar-refractivity contribution in [2.45, 2.75) is 73.6 Å². The zero-order valence-electron chi connectivity index (χ0n) is 12.8. The van der Waals surface area contributed by atoms with Crippen molar-refractivity contribution >= 4 is 13.3 Å². The molecule has 0 saturated carbocycles. The Kier molecular flexibility index (Phi) is 7.89. The Morgan fingerprint density at radius 2 is 1.78 bits per heavy atom. The number of unbranched alkanes of at least 4 members (excludes halogenated alkanes) is 4. The summed E-state index contributed by atoms with van der Waals surface area (Å²) >= 11 is -1.66. The Morgan fingerprint density at radius 3 is 2.33 bits per heavy atom. The number of ether oxygens (including phenoxy) is 2. The maximum atomic E-state index is 5.97. The van der Waals surface area contributed by atoms with Crippen LogP contribution in [0.3, 0.4) is 0 Å². The van der Waals surface area contributed by atoms with Crippen LogP contribution in [0.25, 0.3) is 0 Å². The van der Waals surface area contributed by atoms with E-state index in [1.165, 1.54) is 38.5 Å². The SMILES string of the molecule is CCCCCCC[CH](C1COCCO1)[Ge]([CH3])([CH3])[CH3]. The van der Waals surface area contributed by atoms with Crippen LogP contribution in [0.2, 0.25) is 22.0 Å². The third-order valence-corrected chi connectivity index (χ3v) is 10.1. The van der Waals surface area contributed by atoms with Gasteiger partial charge in [-0.1, -0.05) is 0 Å².